The molecule has 24 heteroatoms. The molecule has 0 aliphatic heterocycles. The van der Waals surface area contributed by atoms with Gasteiger partial charge in [-0.15, -0.1) is 0 Å². The normalized spacial score (nSPS) is 10.8. The summed E-state index contributed by atoms with van der Waals surface area (Å²) in [4.78, 5) is 73.7. The van der Waals surface area contributed by atoms with Gasteiger partial charge in [0.15, 0.2) is 52.0 Å². The summed E-state index contributed by atoms with van der Waals surface area (Å²) < 4.78 is 104. The molecule has 3 heterocycles. The number of carbonyl (C=O) groups excluding carboxylic acids is 4. The summed E-state index contributed by atoms with van der Waals surface area (Å²) in [5, 5.41) is 25.8. The van der Waals surface area contributed by atoms with Gasteiger partial charge in [0.05, 0.1) is 82.6 Å². The second-order valence-corrected chi connectivity index (χ2v) is 16.8. The van der Waals surface area contributed by atoms with Crippen LogP contribution in [0.3, 0.4) is 0 Å². The Morgan fingerprint density at radius 3 is 1.25 bits per heavy atom. The number of aromatic hydroxyl groups is 2. The molecular formula is C53H39ClF6N6O11. The minimum Gasteiger partial charge on any atom is -0.505 e. The maximum Gasteiger partial charge on any atom is 0.514 e. The van der Waals surface area contributed by atoms with E-state index in [1.807, 2.05) is 0 Å². The van der Waals surface area contributed by atoms with Crippen molar-refractivity contribution in [3.8, 4) is 29.0 Å². The first-order valence-electron chi connectivity index (χ1n) is 21.9. The zero-order chi connectivity index (χ0) is 56.5. The Morgan fingerprint density at radius 1 is 0.494 bits per heavy atom. The molecule has 0 atom stereocenters. The zero-order valence-corrected chi connectivity index (χ0v) is 41.6. The van der Waals surface area contributed by atoms with Gasteiger partial charge in [-0.2, -0.15) is 0 Å². The standard InChI is InChI=1S/C20H15ClF2N2O4.2C16H10F2N2O3.CH4O/c1-20(2,3)29-19(27)28-14-7-5-11(22)16(17(14)23)18(26)10-4-6-12-13(8-10)25-15(21)9-24-12;2*1-23-13-7-19-10-4-2-8(6-11(10)20-13)16(22)14-9(17)3-5-12(21)15(14)18;1-2/h4-9H,1-3H3;2*2-7,21H,1H3;2H,1H3. The minimum atomic E-state index is -1.32. The number of ketones is 3. The van der Waals surface area contributed by atoms with Gasteiger partial charge in [0.1, 0.15) is 28.2 Å². The Bertz CT molecular complexity index is 3600. The highest BCUT2D eigenvalue weighted by molar-refractivity contribution is 6.29. The smallest absolute Gasteiger partial charge is 0.505 e. The van der Waals surface area contributed by atoms with E-state index in [0.717, 1.165) is 43.5 Å². The Balaban J connectivity index is 0.000000186. The van der Waals surface area contributed by atoms with Gasteiger partial charge in [0.2, 0.25) is 11.8 Å². The number of phenols is 2. The van der Waals surface area contributed by atoms with Crippen molar-refractivity contribution in [3.05, 3.63) is 183 Å². The summed E-state index contributed by atoms with van der Waals surface area (Å²) in [6.45, 7) is 4.79. The molecule has 17 nitrogen and oxygen atoms in total. The second kappa shape index (κ2) is 24.3. The summed E-state index contributed by atoms with van der Waals surface area (Å²) in [6.07, 6.45) is 2.98. The number of aromatic nitrogens is 6. The molecule has 0 spiro atoms. The Labute approximate surface area is 436 Å². The Hall–Kier alpha value is -9.35. The van der Waals surface area contributed by atoms with Crippen LogP contribution in [0.4, 0.5) is 31.1 Å². The van der Waals surface area contributed by atoms with Crippen molar-refractivity contribution in [1.29, 1.82) is 0 Å². The number of aliphatic hydroxyl groups excluding tert-OH is 1. The largest absolute Gasteiger partial charge is 0.514 e. The average molecular weight is 1090 g/mol. The molecule has 0 fully saturated rings. The van der Waals surface area contributed by atoms with Crippen molar-refractivity contribution in [2.24, 2.45) is 0 Å². The van der Waals surface area contributed by atoms with E-state index in [0.29, 0.717) is 27.6 Å². The number of aliphatic hydroxyl groups is 1. The number of methoxy groups -OCH3 is 2. The molecule has 77 heavy (non-hydrogen) atoms. The molecule has 3 aromatic heterocycles. The molecule has 0 amide bonds. The van der Waals surface area contributed by atoms with Gasteiger partial charge >= 0.3 is 6.16 Å². The van der Waals surface area contributed by atoms with Crippen LogP contribution in [0.25, 0.3) is 33.1 Å². The lowest BCUT2D eigenvalue weighted by atomic mass is 10.0. The number of hydrogen-bond donors (Lipinski definition) is 3. The first-order chi connectivity index (χ1) is 36.6. The monoisotopic (exact) mass is 1080 g/mol. The number of carbonyl (C=O) groups is 4. The summed E-state index contributed by atoms with van der Waals surface area (Å²) in [5.41, 5.74) is -0.974. The number of ether oxygens (including phenoxy) is 4. The topological polar surface area (TPSA) is 243 Å². The predicted molar refractivity (Wildman–Crippen MR) is 264 cm³/mol. The third kappa shape index (κ3) is 13.3. The fourth-order valence-corrected chi connectivity index (χ4v) is 6.85. The lowest BCUT2D eigenvalue weighted by molar-refractivity contribution is 0.0196. The summed E-state index contributed by atoms with van der Waals surface area (Å²) >= 11 is 5.79. The summed E-state index contributed by atoms with van der Waals surface area (Å²) in [7, 11) is 3.84. The molecule has 3 N–H and O–H groups in total. The van der Waals surface area contributed by atoms with Crippen molar-refractivity contribution >= 4 is 68.2 Å². The molecular weight excluding hydrogens is 1050 g/mol. The molecule has 0 aliphatic carbocycles. The van der Waals surface area contributed by atoms with E-state index in [2.05, 4.69) is 29.9 Å². The van der Waals surface area contributed by atoms with E-state index in [1.54, 1.807) is 20.8 Å². The van der Waals surface area contributed by atoms with Crippen molar-refractivity contribution in [2.45, 2.75) is 26.4 Å². The van der Waals surface area contributed by atoms with Crippen LogP contribution >= 0.6 is 11.6 Å². The van der Waals surface area contributed by atoms with Crippen LogP contribution in [0.5, 0.6) is 29.0 Å². The van der Waals surface area contributed by atoms with Crippen molar-refractivity contribution < 1.29 is 79.8 Å². The van der Waals surface area contributed by atoms with Crippen LogP contribution < -0.4 is 14.2 Å². The van der Waals surface area contributed by atoms with Gasteiger partial charge in [-0.3, -0.25) is 19.4 Å². The van der Waals surface area contributed by atoms with Crippen molar-refractivity contribution in [2.75, 3.05) is 21.3 Å². The van der Waals surface area contributed by atoms with Crippen LogP contribution in [0.15, 0.2) is 110 Å². The lowest BCUT2D eigenvalue weighted by Gasteiger charge is -2.19. The molecule has 0 bridgehead atoms. The fourth-order valence-electron chi connectivity index (χ4n) is 6.71. The van der Waals surface area contributed by atoms with Gasteiger partial charge in [-0.05, 0) is 112 Å². The number of nitrogens with zero attached hydrogens (tertiary/aromatic N) is 6. The number of fused-ring (bicyclic) bond motifs is 3. The summed E-state index contributed by atoms with van der Waals surface area (Å²) in [6, 6.07) is 17.7. The Kier molecular flexibility index (Phi) is 18.0. The third-order valence-corrected chi connectivity index (χ3v) is 10.4. The van der Waals surface area contributed by atoms with E-state index in [1.165, 1.54) is 87.4 Å². The van der Waals surface area contributed by atoms with E-state index in [-0.39, 0.29) is 39.1 Å². The first kappa shape index (κ1) is 56.9. The van der Waals surface area contributed by atoms with Crippen LogP contribution in [0.1, 0.15) is 68.5 Å². The molecule has 396 valence electrons. The Morgan fingerprint density at radius 2 is 0.857 bits per heavy atom. The highest BCUT2D eigenvalue weighted by Crippen LogP contribution is 2.30. The molecule has 0 aliphatic rings. The maximum atomic E-state index is 14.8. The molecule has 0 radical (unpaired) electrons. The second-order valence-electron chi connectivity index (χ2n) is 16.4. The predicted octanol–water partition coefficient (Wildman–Crippen LogP) is 10.4. The van der Waals surface area contributed by atoms with E-state index < -0.39 is 97.9 Å². The van der Waals surface area contributed by atoms with E-state index in [9.17, 15) is 55.7 Å². The zero-order valence-electron chi connectivity index (χ0n) is 40.8. The molecule has 9 rings (SSSR count). The molecule has 0 unspecified atom stereocenters. The minimum absolute atomic E-state index is 0.0171. The lowest BCUT2D eigenvalue weighted by Crippen LogP contribution is -2.26. The number of benzene rings is 6. The molecule has 0 saturated carbocycles. The maximum absolute atomic E-state index is 14.8. The van der Waals surface area contributed by atoms with Crippen LogP contribution in [0.2, 0.25) is 5.15 Å². The van der Waals surface area contributed by atoms with Crippen molar-refractivity contribution in [3.63, 3.8) is 0 Å². The fraction of sp³-hybridized carbons (Fsp3) is 0.132. The van der Waals surface area contributed by atoms with Gasteiger partial charge in [-0.25, -0.2) is 56.1 Å². The number of halogens is 7. The average Bonchev–Trinajstić information content (AvgIpc) is 3.41. The first-order valence-corrected chi connectivity index (χ1v) is 22.3. The van der Waals surface area contributed by atoms with Crippen molar-refractivity contribution in [1.82, 2.24) is 29.9 Å². The number of hydrogen-bond acceptors (Lipinski definition) is 17. The highest BCUT2D eigenvalue weighted by atomic mass is 35.5. The van der Waals surface area contributed by atoms with Gasteiger partial charge in [-0.1, -0.05) is 11.6 Å². The number of phenolic OH excluding ortho intramolecular Hbond substituents is 2. The van der Waals surface area contributed by atoms with E-state index in [4.69, 9.17) is 35.7 Å². The van der Waals surface area contributed by atoms with Gasteiger partial charge in [0.25, 0.3) is 0 Å². The highest BCUT2D eigenvalue weighted by Gasteiger charge is 2.27. The molecule has 6 aromatic carbocycles. The van der Waals surface area contributed by atoms with Crippen LogP contribution in [0, 0.1) is 34.9 Å². The SMILES string of the molecule is CC(C)(C)OC(=O)Oc1ccc(F)c(C(=O)c2ccc3ncc(Cl)nc3c2)c1F.CO.COc1cnc2ccc(C(=O)c3c(F)ccc(O)c3F)cc2n1.COc1cnc2ccc(C(=O)c3c(F)ccc(O)c3F)cc2n1. The van der Waals surface area contributed by atoms with Crippen LogP contribution in [-0.2, 0) is 4.74 Å². The number of rotatable bonds is 9. The third-order valence-electron chi connectivity index (χ3n) is 10.2. The summed E-state index contributed by atoms with van der Waals surface area (Å²) in [5.74, 6) is -11.6. The molecule has 0 saturated heterocycles. The van der Waals surface area contributed by atoms with Crippen LogP contribution in [-0.4, -0.2) is 95.7 Å². The van der Waals surface area contributed by atoms with Gasteiger partial charge < -0.3 is 34.3 Å². The molecule has 9 aromatic rings. The van der Waals surface area contributed by atoms with Gasteiger partial charge in [0, 0.05) is 23.8 Å². The quantitative estimate of drug-likeness (QED) is 0.0527. The van der Waals surface area contributed by atoms with E-state index >= 15 is 0 Å².